The highest BCUT2D eigenvalue weighted by atomic mass is 16.5. The Balaban J connectivity index is 1.23. The van der Waals surface area contributed by atoms with Crippen LogP contribution in [0.4, 0.5) is 0 Å². The van der Waals surface area contributed by atoms with E-state index >= 15 is 0 Å². The summed E-state index contributed by atoms with van der Waals surface area (Å²) < 4.78 is 5.24. The molecule has 10 nitrogen and oxygen atoms in total. The number of hydrogen-bond donors (Lipinski definition) is 4. The van der Waals surface area contributed by atoms with Gasteiger partial charge in [-0.05, 0) is 108 Å². The molecule has 0 saturated heterocycles. The van der Waals surface area contributed by atoms with Crippen molar-refractivity contribution in [1.29, 1.82) is 0 Å². The van der Waals surface area contributed by atoms with Crippen molar-refractivity contribution in [3.05, 3.63) is 0 Å². The number of nitrogens with one attached hydrogen (secondary N) is 2. The number of ether oxygens (including phenoxy) is 1. The van der Waals surface area contributed by atoms with Crippen LogP contribution in [0.15, 0.2) is 4.99 Å². The van der Waals surface area contributed by atoms with Crippen LogP contribution in [0.2, 0.25) is 0 Å². The molecule has 1 atom stereocenters. The number of rotatable bonds is 25. The first-order chi connectivity index (χ1) is 19.4. The minimum Gasteiger partial charge on any atom is -0.370 e. The molecule has 3 rings (SSSR count). The lowest BCUT2D eigenvalue weighted by Gasteiger charge is -2.26. The number of amides is 2. The molecule has 6 N–H and O–H groups in total. The average Bonchev–Trinajstić information content (AvgIpc) is 3.76. The van der Waals surface area contributed by atoms with Gasteiger partial charge in [0.2, 0.25) is 12.1 Å². The van der Waals surface area contributed by atoms with Gasteiger partial charge in [-0.2, -0.15) is 0 Å². The number of hydrogen-bond acceptors (Lipinski definition) is 6. The third kappa shape index (κ3) is 15.8. The molecule has 0 spiro atoms. The number of carbonyl (C=O) groups is 2. The maximum atomic E-state index is 12.5. The van der Waals surface area contributed by atoms with Crippen molar-refractivity contribution in [1.82, 2.24) is 20.4 Å². The number of aliphatic imine (C=N–C) groups is 1. The minimum absolute atomic E-state index is 0.110. The Morgan fingerprint density at radius 3 is 1.98 bits per heavy atom. The molecule has 10 heteroatoms. The Morgan fingerprint density at radius 1 is 0.800 bits per heavy atom. The number of nitrogens with two attached hydrogens (primary N) is 2. The Hall–Kier alpha value is -1.91. The fourth-order valence-electron chi connectivity index (χ4n) is 5.24. The van der Waals surface area contributed by atoms with Crippen LogP contribution >= 0.6 is 0 Å². The molecule has 0 aliphatic heterocycles. The van der Waals surface area contributed by atoms with Crippen molar-refractivity contribution in [3.63, 3.8) is 0 Å². The summed E-state index contributed by atoms with van der Waals surface area (Å²) in [5, 5.41) is 5.63. The summed E-state index contributed by atoms with van der Waals surface area (Å²) in [4.78, 5) is 34.1. The minimum atomic E-state index is -0.949. The number of nitrogens with zero attached hydrogens (tertiary/aromatic N) is 3. The Kier molecular flexibility index (Phi) is 15.1. The Labute approximate surface area is 242 Å². The van der Waals surface area contributed by atoms with Gasteiger partial charge in [0.15, 0.2) is 5.96 Å². The van der Waals surface area contributed by atoms with Crippen LogP contribution in [-0.4, -0.2) is 93.3 Å². The van der Waals surface area contributed by atoms with Crippen LogP contribution in [0.5, 0.6) is 0 Å². The summed E-state index contributed by atoms with van der Waals surface area (Å²) in [6.45, 7) is 8.60. The van der Waals surface area contributed by atoms with Crippen LogP contribution in [0.1, 0.15) is 89.9 Å². The van der Waals surface area contributed by atoms with Gasteiger partial charge >= 0.3 is 0 Å². The first-order valence-corrected chi connectivity index (χ1v) is 16.0. The summed E-state index contributed by atoms with van der Waals surface area (Å²) in [6.07, 6.45) is 14.7. The second-order valence-electron chi connectivity index (χ2n) is 12.4. The predicted molar refractivity (Wildman–Crippen MR) is 161 cm³/mol. The van der Waals surface area contributed by atoms with E-state index in [4.69, 9.17) is 16.2 Å². The molecule has 0 aromatic carbocycles. The van der Waals surface area contributed by atoms with Crippen LogP contribution in [0.3, 0.4) is 0 Å². The van der Waals surface area contributed by atoms with Crippen molar-refractivity contribution in [2.24, 2.45) is 34.2 Å². The van der Waals surface area contributed by atoms with Gasteiger partial charge in [0.25, 0.3) is 5.91 Å². The summed E-state index contributed by atoms with van der Waals surface area (Å²) in [5.41, 5.74) is 10.6. The summed E-state index contributed by atoms with van der Waals surface area (Å²) in [5.74, 6) is 2.50. The van der Waals surface area contributed by atoms with Gasteiger partial charge in [0, 0.05) is 46.3 Å². The lowest BCUT2D eigenvalue weighted by atomic mass is 10.1. The topological polar surface area (TPSA) is 138 Å². The molecular formula is C30H57N7O3. The largest absolute Gasteiger partial charge is 0.370 e. The first-order valence-electron chi connectivity index (χ1n) is 16.0. The van der Waals surface area contributed by atoms with Crippen LogP contribution < -0.4 is 22.1 Å². The van der Waals surface area contributed by atoms with Crippen LogP contribution in [0.25, 0.3) is 0 Å². The van der Waals surface area contributed by atoms with E-state index in [0.717, 1.165) is 62.8 Å². The molecule has 2 amide bonds. The first kappa shape index (κ1) is 32.6. The monoisotopic (exact) mass is 563 g/mol. The van der Waals surface area contributed by atoms with Crippen molar-refractivity contribution < 1.29 is 14.3 Å². The van der Waals surface area contributed by atoms with E-state index in [1.165, 1.54) is 84.8 Å². The van der Waals surface area contributed by atoms with E-state index in [-0.39, 0.29) is 17.8 Å². The van der Waals surface area contributed by atoms with Gasteiger partial charge in [0.1, 0.15) is 0 Å². The molecule has 3 aliphatic rings. The normalized spacial score (nSPS) is 17.7. The SMILES string of the molecule is COC(NC(=O)CCCCCCN=C(N)N)C(=O)NCCCCN(CCCN(CC1CC1)CC1CC1)CC1CC1. The zero-order valence-electron chi connectivity index (χ0n) is 25.1. The predicted octanol–water partition coefficient (Wildman–Crippen LogP) is 2.42. The fraction of sp³-hybridized carbons (Fsp3) is 0.900. The lowest BCUT2D eigenvalue weighted by Crippen LogP contribution is -2.48. The second kappa shape index (κ2) is 18.5. The third-order valence-electron chi connectivity index (χ3n) is 8.16. The van der Waals surface area contributed by atoms with Gasteiger partial charge in [-0.3, -0.25) is 14.6 Å². The van der Waals surface area contributed by atoms with E-state index in [1.54, 1.807) is 0 Å². The zero-order valence-corrected chi connectivity index (χ0v) is 25.1. The fourth-order valence-corrected chi connectivity index (χ4v) is 5.24. The van der Waals surface area contributed by atoms with Crippen LogP contribution in [0, 0.1) is 17.8 Å². The number of unbranched alkanes of at least 4 members (excludes halogenated alkanes) is 4. The molecule has 40 heavy (non-hydrogen) atoms. The van der Waals surface area contributed by atoms with Gasteiger partial charge in [-0.25, -0.2) is 0 Å². The highest BCUT2D eigenvalue weighted by Gasteiger charge is 2.29. The lowest BCUT2D eigenvalue weighted by molar-refractivity contribution is -0.139. The summed E-state index contributed by atoms with van der Waals surface area (Å²) >= 11 is 0. The molecule has 0 heterocycles. The highest BCUT2D eigenvalue weighted by Crippen LogP contribution is 2.34. The molecule has 0 bridgehead atoms. The molecular weight excluding hydrogens is 506 g/mol. The maximum Gasteiger partial charge on any atom is 0.270 e. The molecule has 3 aliphatic carbocycles. The quantitative estimate of drug-likeness (QED) is 0.0579. The van der Waals surface area contributed by atoms with Crippen molar-refractivity contribution >= 4 is 17.8 Å². The number of methoxy groups -OCH3 is 1. The summed E-state index contributed by atoms with van der Waals surface area (Å²) in [7, 11) is 1.44. The van der Waals surface area contributed by atoms with E-state index in [9.17, 15) is 9.59 Å². The van der Waals surface area contributed by atoms with Gasteiger partial charge in [-0.15, -0.1) is 0 Å². The van der Waals surface area contributed by atoms with E-state index < -0.39 is 6.23 Å². The smallest absolute Gasteiger partial charge is 0.270 e. The second-order valence-corrected chi connectivity index (χ2v) is 12.4. The van der Waals surface area contributed by atoms with Crippen LogP contribution in [-0.2, 0) is 14.3 Å². The highest BCUT2D eigenvalue weighted by molar-refractivity contribution is 5.86. The van der Waals surface area contributed by atoms with E-state index in [2.05, 4.69) is 25.4 Å². The van der Waals surface area contributed by atoms with Crippen molar-refractivity contribution in [3.8, 4) is 0 Å². The van der Waals surface area contributed by atoms with Gasteiger partial charge in [-0.1, -0.05) is 12.8 Å². The Morgan fingerprint density at radius 2 is 1.38 bits per heavy atom. The molecule has 3 saturated carbocycles. The molecule has 0 radical (unpaired) electrons. The van der Waals surface area contributed by atoms with Gasteiger partial charge in [0.05, 0.1) is 0 Å². The average molecular weight is 564 g/mol. The van der Waals surface area contributed by atoms with E-state index in [1.807, 2.05) is 0 Å². The van der Waals surface area contributed by atoms with Gasteiger partial charge < -0.3 is 36.6 Å². The van der Waals surface area contributed by atoms with E-state index in [0.29, 0.717) is 19.5 Å². The summed E-state index contributed by atoms with van der Waals surface area (Å²) in [6, 6.07) is 0. The molecule has 0 aromatic rings. The third-order valence-corrected chi connectivity index (χ3v) is 8.16. The molecule has 3 fully saturated rings. The molecule has 230 valence electrons. The van der Waals surface area contributed by atoms with Crippen molar-refractivity contribution in [2.45, 2.75) is 96.1 Å². The number of carbonyl (C=O) groups excluding carboxylic acids is 2. The molecule has 0 aromatic heterocycles. The number of guanidine groups is 1. The maximum absolute atomic E-state index is 12.5. The Bertz CT molecular complexity index is 750. The molecule has 1 unspecified atom stereocenters. The van der Waals surface area contributed by atoms with Crippen molar-refractivity contribution in [2.75, 3.05) is 59.5 Å². The zero-order chi connectivity index (χ0) is 28.6. The standard InChI is InChI=1S/C30H57N7O3/c1-40-29(35-27(38)9-4-2-3-5-17-34-30(31)32)28(39)33-16-6-7-18-36(21-24-10-11-24)19-8-20-37(22-25-12-13-25)23-26-14-15-26/h24-26,29H,2-23H2,1H3,(H,33,39)(H,35,38)(H4,31,32,34).